The molecule has 3 saturated carbocycles. The fraction of sp³-hybridized carbons (Fsp3) is 0.740. The summed E-state index contributed by atoms with van der Waals surface area (Å²) in [4.78, 5) is 36.8. The highest BCUT2D eigenvalue weighted by Crippen LogP contribution is 2.67. The van der Waals surface area contributed by atoms with Crippen LogP contribution in [0.5, 0.6) is 5.75 Å². The van der Waals surface area contributed by atoms with Gasteiger partial charge in [0.1, 0.15) is 11.9 Å². The standard InChI is InChI=1S/C50H76O7/c1-35(2)16-15-17-37(5)43-25-26-44-42-24-21-39-34-41(27-29-49(39,6)45(42)28-30-50(43,44)7)57-46(51)18-11-10-14-33-56-48(53)38-19-22-40(23-20-38)54-31-12-8-9-13-32-55-47(52)36(3)4/h19-23,35,37,41-45H,3,8-18,24-34H2,1-2,4-7H3/t37-,41+,42+,43-,44+,45+,49+,50-/m1/s1. The van der Waals surface area contributed by atoms with Gasteiger partial charge in [-0.05, 0) is 167 Å². The number of allylic oxidation sites excluding steroid dienone is 1. The fourth-order valence-corrected chi connectivity index (χ4v) is 11.5. The van der Waals surface area contributed by atoms with E-state index in [1.165, 1.54) is 51.4 Å². The van der Waals surface area contributed by atoms with Crippen LogP contribution in [-0.2, 0) is 23.8 Å². The van der Waals surface area contributed by atoms with Crippen LogP contribution < -0.4 is 4.74 Å². The maximum Gasteiger partial charge on any atom is 0.338 e. The number of rotatable bonds is 22. The third-order valence-corrected chi connectivity index (χ3v) is 14.8. The molecule has 0 aromatic heterocycles. The van der Waals surface area contributed by atoms with E-state index in [4.69, 9.17) is 18.9 Å². The molecule has 8 atom stereocenters. The van der Waals surface area contributed by atoms with Crippen molar-refractivity contribution in [3.63, 3.8) is 0 Å². The van der Waals surface area contributed by atoms with Crippen molar-refractivity contribution < 1.29 is 33.3 Å². The number of carbonyl (C=O) groups is 3. The highest BCUT2D eigenvalue weighted by Gasteiger charge is 2.59. The molecule has 0 bridgehead atoms. The van der Waals surface area contributed by atoms with E-state index in [0.29, 0.717) is 55.0 Å². The maximum atomic E-state index is 12.9. The Balaban J connectivity index is 0.936. The SMILES string of the molecule is C=C(C)C(=O)OCCCCCCOc1ccc(C(=O)OCCCCCC(=O)O[C@H]2CC[C@@]3(C)C(=CC[C@H]4[C@@H]5CC[C@H]([C@H](C)CCCC(C)C)[C@@]5(C)CC[C@@H]43)C2)cc1. The molecule has 0 N–H and O–H groups in total. The molecule has 7 nitrogen and oxygen atoms in total. The number of benzene rings is 1. The summed E-state index contributed by atoms with van der Waals surface area (Å²) in [6.07, 6.45) is 22.9. The molecule has 318 valence electrons. The number of esters is 3. The van der Waals surface area contributed by atoms with Gasteiger partial charge in [-0.1, -0.05) is 72.1 Å². The lowest BCUT2D eigenvalue weighted by Gasteiger charge is -2.58. The Morgan fingerprint density at radius 1 is 0.789 bits per heavy atom. The zero-order valence-corrected chi connectivity index (χ0v) is 36.5. The van der Waals surface area contributed by atoms with Gasteiger partial charge in [0.2, 0.25) is 0 Å². The molecule has 0 unspecified atom stereocenters. The van der Waals surface area contributed by atoms with Crippen molar-refractivity contribution in [1.82, 2.24) is 0 Å². The predicted molar refractivity (Wildman–Crippen MR) is 228 cm³/mol. The third kappa shape index (κ3) is 12.0. The first-order chi connectivity index (χ1) is 27.3. The first-order valence-corrected chi connectivity index (χ1v) is 22.9. The monoisotopic (exact) mass is 789 g/mol. The number of unbranched alkanes of at least 4 members (excludes halogenated alkanes) is 5. The number of ether oxygens (including phenoxy) is 4. The second-order valence-electron chi connectivity index (χ2n) is 19.3. The average molecular weight is 789 g/mol. The van der Waals surface area contributed by atoms with Gasteiger partial charge in [-0.3, -0.25) is 4.79 Å². The largest absolute Gasteiger partial charge is 0.494 e. The van der Waals surface area contributed by atoms with Crippen molar-refractivity contribution >= 4 is 17.9 Å². The van der Waals surface area contributed by atoms with Gasteiger partial charge in [0, 0.05) is 18.4 Å². The number of fused-ring (bicyclic) bond motifs is 5. The molecule has 7 heteroatoms. The van der Waals surface area contributed by atoms with Crippen molar-refractivity contribution in [3.8, 4) is 5.75 Å². The van der Waals surface area contributed by atoms with E-state index in [-0.39, 0.29) is 29.4 Å². The fourth-order valence-electron chi connectivity index (χ4n) is 11.5. The van der Waals surface area contributed by atoms with Crippen LogP contribution >= 0.6 is 0 Å². The van der Waals surface area contributed by atoms with Crippen LogP contribution in [0.1, 0.15) is 174 Å². The Bertz CT molecular complexity index is 1510. The van der Waals surface area contributed by atoms with E-state index in [1.807, 2.05) is 0 Å². The van der Waals surface area contributed by atoms with E-state index in [2.05, 4.69) is 47.3 Å². The Morgan fingerprint density at radius 2 is 1.49 bits per heavy atom. The van der Waals surface area contributed by atoms with Crippen molar-refractivity contribution in [1.29, 1.82) is 0 Å². The molecular weight excluding hydrogens is 713 g/mol. The second-order valence-corrected chi connectivity index (χ2v) is 19.3. The van der Waals surface area contributed by atoms with Gasteiger partial charge in [-0.2, -0.15) is 0 Å². The van der Waals surface area contributed by atoms with Gasteiger partial charge < -0.3 is 18.9 Å². The molecule has 3 fully saturated rings. The highest BCUT2D eigenvalue weighted by molar-refractivity contribution is 5.89. The van der Waals surface area contributed by atoms with Crippen LogP contribution in [0.25, 0.3) is 0 Å². The summed E-state index contributed by atoms with van der Waals surface area (Å²) in [6.45, 7) is 19.1. The molecule has 1 aromatic rings. The van der Waals surface area contributed by atoms with Gasteiger partial charge in [0.15, 0.2) is 0 Å². The summed E-state index contributed by atoms with van der Waals surface area (Å²) in [5.74, 6) is 4.92. The van der Waals surface area contributed by atoms with Crippen LogP contribution in [0.15, 0.2) is 48.1 Å². The van der Waals surface area contributed by atoms with Gasteiger partial charge in [0.05, 0.1) is 25.4 Å². The molecule has 1 aromatic carbocycles. The first-order valence-electron chi connectivity index (χ1n) is 22.9. The third-order valence-electron chi connectivity index (χ3n) is 14.8. The molecule has 4 aliphatic carbocycles. The number of hydrogen-bond acceptors (Lipinski definition) is 7. The molecule has 0 radical (unpaired) electrons. The van der Waals surface area contributed by atoms with E-state index in [9.17, 15) is 14.4 Å². The highest BCUT2D eigenvalue weighted by atomic mass is 16.5. The Kier molecular flexibility index (Phi) is 16.8. The minimum atomic E-state index is -0.349. The molecule has 0 spiro atoms. The normalized spacial score (nSPS) is 28.3. The number of hydrogen-bond donors (Lipinski definition) is 0. The lowest BCUT2D eigenvalue weighted by atomic mass is 9.47. The van der Waals surface area contributed by atoms with Crippen molar-refractivity contribution in [2.75, 3.05) is 19.8 Å². The Morgan fingerprint density at radius 3 is 2.21 bits per heavy atom. The van der Waals surface area contributed by atoms with E-state index in [0.717, 1.165) is 93.3 Å². The Hall–Kier alpha value is -3.09. The molecule has 0 aliphatic heterocycles. The summed E-state index contributed by atoms with van der Waals surface area (Å²) >= 11 is 0. The van der Waals surface area contributed by atoms with E-state index < -0.39 is 0 Å². The van der Waals surface area contributed by atoms with Gasteiger partial charge in [0.25, 0.3) is 0 Å². The lowest BCUT2D eigenvalue weighted by Crippen LogP contribution is -2.51. The molecule has 0 saturated heterocycles. The topological polar surface area (TPSA) is 88.1 Å². The zero-order valence-electron chi connectivity index (χ0n) is 36.5. The molecule has 5 rings (SSSR count). The first kappa shape index (κ1) is 45.0. The minimum Gasteiger partial charge on any atom is -0.494 e. The van der Waals surface area contributed by atoms with Crippen molar-refractivity contribution in [2.24, 2.45) is 46.3 Å². The summed E-state index contributed by atoms with van der Waals surface area (Å²) in [7, 11) is 0. The summed E-state index contributed by atoms with van der Waals surface area (Å²) in [5, 5.41) is 0. The van der Waals surface area contributed by atoms with Crippen LogP contribution in [-0.4, -0.2) is 43.8 Å². The minimum absolute atomic E-state index is 0.000917. The molecule has 4 aliphatic rings. The summed E-state index contributed by atoms with van der Waals surface area (Å²) in [6, 6.07) is 7.04. The van der Waals surface area contributed by atoms with Gasteiger partial charge in [-0.15, -0.1) is 0 Å². The van der Waals surface area contributed by atoms with Gasteiger partial charge >= 0.3 is 17.9 Å². The Labute approximate surface area is 345 Å². The molecular formula is C50H76O7. The second kappa shape index (κ2) is 21.3. The van der Waals surface area contributed by atoms with E-state index in [1.54, 1.807) is 36.8 Å². The average Bonchev–Trinajstić information content (AvgIpc) is 3.54. The quantitative estimate of drug-likeness (QED) is 0.0380. The van der Waals surface area contributed by atoms with Crippen LogP contribution in [0, 0.1) is 46.3 Å². The predicted octanol–water partition coefficient (Wildman–Crippen LogP) is 12.4. The summed E-state index contributed by atoms with van der Waals surface area (Å²) < 4.78 is 22.5. The molecule has 57 heavy (non-hydrogen) atoms. The van der Waals surface area contributed by atoms with Gasteiger partial charge in [-0.25, -0.2) is 9.59 Å². The van der Waals surface area contributed by atoms with Crippen LogP contribution in [0.3, 0.4) is 0 Å². The molecule has 0 heterocycles. The van der Waals surface area contributed by atoms with E-state index >= 15 is 0 Å². The number of carbonyl (C=O) groups excluding carboxylic acids is 3. The van der Waals surface area contributed by atoms with Crippen LogP contribution in [0.4, 0.5) is 0 Å². The smallest absolute Gasteiger partial charge is 0.338 e. The summed E-state index contributed by atoms with van der Waals surface area (Å²) in [5.41, 5.74) is 3.25. The van der Waals surface area contributed by atoms with Crippen LogP contribution in [0.2, 0.25) is 0 Å². The maximum absolute atomic E-state index is 12.9. The molecule has 0 amide bonds. The lowest BCUT2D eigenvalue weighted by molar-refractivity contribution is -0.151. The van der Waals surface area contributed by atoms with Crippen molar-refractivity contribution in [2.45, 2.75) is 170 Å². The zero-order chi connectivity index (χ0) is 41.0. The van der Waals surface area contributed by atoms with Crippen molar-refractivity contribution in [3.05, 3.63) is 53.6 Å².